The Kier molecular flexibility index (Phi) is 4.20. The molecular formula is C18H20O4. The lowest BCUT2D eigenvalue weighted by Gasteiger charge is -2.33. The summed E-state index contributed by atoms with van der Waals surface area (Å²) in [5, 5.41) is 0. The van der Waals surface area contributed by atoms with Crippen LogP contribution in [0.25, 0.3) is 0 Å². The molecule has 0 saturated carbocycles. The van der Waals surface area contributed by atoms with Gasteiger partial charge in [0, 0.05) is 19.6 Å². The Hall–Kier alpha value is -2.20. The van der Waals surface area contributed by atoms with Gasteiger partial charge in [0.1, 0.15) is 23.4 Å². The minimum Gasteiger partial charge on any atom is -0.497 e. The summed E-state index contributed by atoms with van der Waals surface area (Å²) < 4.78 is 22.3. The number of rotatable bonds is 4. The van der Waals surface area contributed by atoms with E-state index in [4.69, 9.17) is 18.9 Å². The first kappa shape index (κ1) is 14.7. The third-order valence-corrected chi connectivity index (χ3v) is 4.03. The van der Waals surface area contributed by atoms with Crippen LogP contribution in [-0.2, 0) is 11.2 Å². The lowest BCUT2D eigenvalue weighted by Crippen LogP contribution is -2.32. The van der Waals surface area contributed by atoms with Crippen molar-refractivity contribution in [3.05, 3.63) is 53.6 Å². The number of hydrogen-bond donors (Lipinski definition) is 0. The van der Waals surface area contributed by atoms with Crippen LogP contribution >= 0.6 is 0 Å². The normalized spacial score (nSPS) is 20.0. The first-order chi connectivity index (χ1) is 10.7. The molecule has 0 amide bonds. The third kappa shape index (κ3) is 2.74. The monoisotopic (exact) mass is 300 g/mol. The van der Waals surface area contributed by atoms with Gasteiger partial charge in [0.25, 0.3) is 0 Å². The molecule has 0 bridgehead atoms. The Bertz CT molecular complexity index is 636. The summed E-state index contributed by atoms with van der Waals surface area (Å²) >= 11 is 0. The molecule has 22 heavy (non-hydrogen) atoms. The topological polar surface area (TPSA) is 36.9 Å². The van der Waals surface area contributed by atoms with Crippen molar-refractivity contribution >= 4 is 0 Å². The molecule has 3 rings (SSSR count). The number of methoxy groups -OCH3 is 3. The molecule has 0 spiro atoms. The highest BCUT2D eigenvalue weighted by atomic mass is 16.5. The molecule has 0 aliphatic carbocycles. The highest BCUT2D eigenvalue weighted by Crippen LogP contribution is 2.38. The highest BCUT2D eigenvalue weighted by Gasteiger charge is 2.31. The van der Waals surface area contributed by atoms with Crippen LogP contribution in [0.5, 0.6) is 17.2 Å². The Balaban J connectivity index is 1.92. The zero-order valence-corrected chi connectivity index (χ0v) is 13.0. The van der Waals surface area contributed by atoms with Crippen LogP contribution in [-0.4, -0.2) is 27.4 Å². The summed E-state index contributed by atoms with van der Waals surface area (Å²) in [6.07, 6.45) is 0.650. The van der Waals surface area contributed by atoms with Gasteiger partial charge in [-0.25, -0.2) is 0 Å². The van der Waals surface area contributed by atoms with Gasteiger partial charge >= 0.3 is 0 Å². The molecule has 0 unspecified atom stereocenters. The van der Waals surface area contributed by atoms with Crippen LogP contribution in [0.4, 0.5) is 0 Å². The Morgan fingerprint density at radius 1 is 0.909 bits per heavy atom. The van der Waals surface area contributed by atoms with Gasteiger partial charge in [-0.1, -0.05) is 18.2 Å². The van der Waals surface area contributed by atoms with Crippen molar-refractivity contribution in [2.45, 2.75) is 18.6 Å². The van der Waals surface area contributed by atoms with E-state index in [2.05, 4.69) is 0 Å². The number of benzene rings is 2. The summed E-state index contributed by atoms with van der Waals surface area (Å²) in [5.41, 5.74) is 2.21. The molecule has 0 aromatic heterocycles. The molecular weight excluding hydrogens is 280 g/mol. The molecule has 0 radical (unpaired) electrons. The largest absolute Gasteiger partial charge is 0.497 e. The van der Waals surface area contributed by atoms with Crippen molar-refractivity contribution in [3.8, 4) is 17.2 Å². The lowest BCUT2D eigenvalue weighted by atomic mass is 9.94. The molecule has 2 atom stereocenters. The number of hydrogen-bond acceptors (Lipinski definition) is 4. The van der Waals surface area contributed by atoms with Gasteiger partial charge in [0.15, 0.2) is 6.10 Å². The molecule has 4 heteroatoms. The summed E-state index contributed by atoms with van der Waals surface area (Å²) in [4.78, 5) is 0. The van der Waals surface area contributed by atoms with E-state index in [1.165, 1.54) is 0 Å². The van der Waals surface area contributed by atoms with Crippen molar-refractivity contribution in [1.29, 1.82) is 0 Å². The summed E-state index contributed by atoms with van der Waals surface area (Å²) in [6, 6.07) is 13.8. The Morgan fingerprint density at radius 2 is 1.59 bits per heavy atom. The average Bonchev–Trinajstić information content (AvgIpc) is 2.60. The predicted molar refractivity (Wildman–Crippen MR) is 83.9 cm³/mol. The third-order valence-electron chi connectivity index (χ3n) is 4.03. The molecule has 0 saturated heterocycles. The lowest BCUT2D eigenvalue weighted by molar-refractivity contribution is -0.0115. The van der Waals surface area contributed by atoms with Crippen LogP contribution in [0.2, 0.25) is 0 Å². The average molecular weight is 300 g/mol. The van der Waals surface area contributed by atoms with Gasteiger partial charge in [-0.3, -0.25) is 0 Å². The van der Waals surface area contributed by atoms with Gasteiger partial charge in [0.05, 0.1) is 14.2 Å². The van der Waals surface area contributed by atoms with Crippen LogP contribution < -0.4 is 14.2 Å². The molecule has 1 heterocycles. The maximum atomic E-state index is 6.19. The second-order valence-electron chi connectivity index (χ2n) is 5.26. The molecule has 116 valence electrons. The van der Waals surface area contributed by atoms with E-state index < -0.39 is 0 Å². The number of ether oxygens (including phenoxy) is 4. The van der Waals surface area contributed by atoms with Crippen molar-refractivity contribution in [1.82, 2.24) is 0 Å². The summed E-state index contributed by atoms with van der Waals surface area (Å²) in [5.74, 6) is 2.48. The molecule has 2 aromatic rings. The quantitative estimate of drug-likeness (QED) is 0.867. The van der Waals surface area contributed by atoms with E-state index in [9.17, 15) is 0 Å². The fraction of sp³-hybridized carbons (Fsp3) is 0.333. The van der Waals surface area contributed by atoms with E-state index in [-0.39, 0.29) is 12.2 Å². The minimum atomic E-state index is -0.143. The second kappa shape index (κ2) is 6.28. The highest BCUT2D eigenvalue weighted by molar-refractivity contribution is 5.44. The van der Waals surface area contributed by atoms with Crippen molar-refractivity contribution in [2.75, 3.05) is 21.3 Å². The predicted octanol–water partition coefficient (Wildman–Crippen LogP) is 3.40. The van der Waals surface area contributed by atoms with E-state index in [1.54, 1.807) is 21.3 Å². The van der Waals surface area contributed by atoms with Gasteiger partial charge in [-0.2, -0.15) is 0 Å². The Labute approximate surface area is 130 Å². The standard InChI is InChI=1S/C18H20O4/c1-19-14-7-4-12(5-8-14)18-17(21-3)10-13-6-9-15(20-2)11-16(13)22-18/h4-9,11,17-18H,10H2,1-3H3/t17-,18-/m0/s1. The van der Waals surface area contributed by atoms with Crippen molar-refractivity contribution in [2.24, 2.45) is 0 Å². The van der Waals surface area contributed by atoms with Crippen LogP contribution in [0.15, 0.2) is 42.5 Å². The van der Waals surface area contributed by atoms with E-state index >= 15 is 0 Å². The number of fused-ring (bicyclic) bond motifs is 1. The van der Waals surface area contributed by atoms with E-state index in [1.807, 2.05) is 42.5 Å². The zero-order valence-electron chi connectivity index (χ0n) is 13.0. The van der Waals surface area contributed by atoms with Crippen LogP contribution in [0.3, 0.4) is 0 Å². The maximum absolute atomic E-state index is 6.19. The second-order valence-corrected chi connectivity index (χ2v) is 5.26. The van der Waals surface area contributed by atoms with Crippen molar-refractivity contribution < 1.29 is 18.9 Å². The van der Waals surface area contributed by atoms with Crippen molar-refractivity contribution in [3.63, 3.8) is 0 Å². The first-order valence-corrected chi connectivity index (χ1v) is 7.25. The van der Waals surface area contributed by atoms with E-state index in [0.717, 1.165) is 34.8 Å². The summed E-state index contributed by atoms with van der Waals surface area (Å²) in [7, 11) is 5.04. The van der Waals surface area contributed by atoms with Crippen LogP contribution in [0.1, 0.15) is 17.2 Å². The first-order valence-electron chi connectivity index (χ1n) is 7.25. The fourth-order valence-electron chi connectivity index (χ4n) is 2.76. The summed E-state index contributed by atoms with van der Waals surface area (Å²) in [6.45, 7) is 0. The fourth-order valence-corrected chi connectivity index (χ4v) is 2.76. The molecule has 1 aliphatic heterocycles. The zero-order chi connectivity index (χ0) is 15.5. The molecule has 4 nitrogen and oxygen atoms in total. The van der Waals surface area contributed by atoms with Gasteiger partial charge in [0.2, 0.25) is 0 Å². The SMILES string of the molecule is COc1ccc([C@@H]2Oc3cc(OC)ccc3C[C@@H]2OC)cc1. The van der Waals surface area contributed by atoms with Gasteiger partial charge in [-0.15, -0.1) is 0 Å². The molecule has 0 N–H and O–H groups in total. The maximum Gasteiger partial charge on any atom is 0.150 e. The molecule has 0 fully saturated rings. The molecule has 2 aromatic carbocycles. The smallest absolute Gasteiger partial charge is 0.150 e. The van der Waals surface area contributed by atoms with Crippen LogP contribution in [0, 0.1) is 0 Å². The van der Waals surface area contributed by atoms with Gasteiger partial charge < -0.3 is 18.9 Å². The Morgan fingerprint density at radius 3 is 2.23 bits per heavy atom. The van der Waals surface area contributed by atoms with Gasteiger partial charge in [-0.05, 0) is 29.3 Å². The minimum absolute atomic E-state index is 0.0192. The van der Waals surface area contributed by atoms with E-state index in [0.29, 0.717) is 0 Å². The molecule has 1 aliphatic rings.